The first-order chi connectivity index (χ1) is 10.1. The van der Waals surface area contributed by atoms with Gasteiger partial charge in [0.1, 0.15) is 0 Å². The third-order valence-electron chi connectivity index (χ3n) is 3.08. The molecule has 1 unspecified atom stereocenters. The fraction of sp³-hybridized carbons (Fsp3) is 0.250. The minimum atomic E-state index is -0.381. The minimum Gasteiger partial charge on any atom is -0.494 e. The molecule has 0 bridgehead atoms. The average molecular weight is 326 g/mol. The molecule has 0 fully saturated rings. The summed E-state index contributed by atoms with van der Waals surface area (Å²) in [6.07, 6.45) is 0. The summed E-state index contributed by atoms with van der Waals surface area (Å²) in [5.74, 6) is 1.42. The van der Waals surface area contributed by atoms with Gasteiger partial charge in [0.05, 0.1) is 7.11 Å². The highest BCUT2D eigenvalue weighted by molar-refractivity contribution is 7.98. The number of nitrogens with two attached hydrogens (primary N) is 1. The third-order valence-corrected chi connectivity index (χ3v) is 4.47. The van der Waals surface area contributed by atoms with Crippen LogP contribution in [0.1, 0.15) is 17.2 Å². The summed E-state index contributed by atoms with van der Waals surface area (Å²) in [5.41, 5.74) is 8.06. The Morgan fingerprint density at radius 1 is 1.24 bits per heavy atom. The molecule has 2 N–H and O–H groups in total. The zero-order chi connectivity index (χ0) is 15.2. The van der Waals surface area contributed by atoms with Gasteiger partial charge in [-0.15, -0.1) is 0 Å². The number of hydrogen-bond donors (Lipinski definition) is 1. The van der Waals surface area contributed by atoms with Gasteiger partial charge < -0.3 is 10.5 Å². The summed E-state index contributed by atoms with van der Waals surface area (Å²) in [7, 11) is 1.44. The van der Waals surface area contributed by atoms with Crippen molar-refractivity contribution in [2.24, 2.45) is 5.73 Å². The lowest BCUT2D eigenvalue weighted by atomic mass is 10.1. The summed E-state index contributed by atoms with van der Waals surface area (Å²) in [4.78, 5) is 0. The topological polar surface area (TPSA) is 35.2 Å². The fourth-order valence-electron chi connectivity index (χ4n) is 1.89. The van der Waals surface area contributed by atoms with Crippen LogP contribution in [0.25, 0.3) is 0 Å². The van der Waals surface area contributed by atoms with Gasteiger partial charge in [-0.2, -0.15) is 11.8 Å². The van der Waals surface area contributed by atoms with Crippen LogP contribution in [-0.4, -0.2) is 12.9 Å². The van der Waals surface area contributed by atoms with Crippen LogP contribution in [-0.2, 0) is 5.75 Å². The number of rotatable bonds is 6. The molecule has 2 nitrogen and oxygen atoms in total. The van der Waals surface area contributed by atoms with Crippen molar-refractivity contribution >= 4 is 23.4 Å². The molecule has 0 heterocycles. The number of thioether (sulfide) groups is 1. The molecule has 0 amide bonds. The molecule has 0 aliphatic rings. The summed E-state index contributed by atoms with van der Waals surface area (Å²) >= 11 is 7.55. The molecule has 2 aromatic rings. The molecule has 112 valence electrons. The third kappa shape index (κ3) is 4.63. The fourth-order valence-corrected chi connectivity index (χ4v) is 3.01. The molecule has 2 aromatic carbocycles. The van der Waals surface area contributed by atoms with E-state index in [1.54, 1.807) is 23.9 Å². The molecule has 0 saturated heterocycles. The summed E-state index contributed by atoms with van der Waals surface area (Å²) in [6, 6.07) is 12.4. The Morgan fingerprint density at radius 2 is 1.95 bits per heavy atom. The quantitative estimate of drug-likeness (QED) is 0.853. The Bertz CT molecular complexity index is 591. The molecule has 0 aliphatic heterocycles. The van der Waals surface area contributed by atoms with Gasteiger partial charge in [0.2, 0.25) is 0 Å². The van der Waals surface area contributed by atoms with Gasteiger partial charge in [-0.05, 0) is 35.4 Å². The van der Waals surface area contributed by atoms with Crippen LogP contribution >= 0.6 is 23.4 Å². The lowest BCUT2D eigenvalue weighted by Crippen LogP contribution is -2.13. The Kier molecular flexibility index (Phi) is 5.91. The van der Waals surface area contributed by atoms with Gasteiger partial charge in [-0.25, -0.2) is 4.39 Å². The number of methoxy groups -OCH3 is 1. The van der Waals surface area contributed by atoms with E-state index >= 15 is 0 Å². The number of benzene rings is 2. The molecule has 2 rings (SSSR count). The van der Waals surface area contributed by atoms with E-state index in [1.165, 1.54) is 18.7 Å². The van der Waals surface area contributed by atoms with E-state index in [1.807, 2.05) is 24.3 Å². The second kappa shape index (κ2) is 7.69. The molecular formula is C16H17ClFNOS. The summed E-state index contributed by atoms with van der Waals surface area (Å²) in [6.45, 7) is 0. The van der Waals surface area contributed by atoms with E-state index in [9.17, 15) is 4.39 Å². The van der Waals surface area contributed by atoms with Crippen molar-refractivity contribution in [2.75, 3.05) is 12.9 Å². The lowest BCUT2D eigenvalue weighted by Gasteiger charge is -2.13. The standard InChI is InChI=1S/C16H17ClFNOS/c1-20-16-7-4-12(8-14(16)18)15(19)10-21-9-11-2-5-13(17)6-3-11/h2-8,15H,9-10,19H2,1H3. The van der Waals surface area contributed by atoms with Crippen LogP contribution in [0.3, 0.4) is 0 Å². The number of hydrogen-bond acceptors (Lipinski definition) is 3. The highest BCUT2D eigenvalue weighted by atomic mass is 35.5. The molecule has 0 aromatic heterocycles. The van der Waals surface area contributed by atoms with Gasteiger partial charge in [-0.3, -0.25) is 0 Å². The number of ether oxygens (including phenoxy) is 1. The molecule has 0 radical (unpaired) electrons. The van der Waals surface area contributed by atoms with Gasteiger partial charge in [0, 0.05) is 22.6 Å². The molecule has 1 atom stereocenters. The van der Waals surface area contributed by atoms with E-state index in [-0.39, 0.29) is 17.6 Å². The molecule has 0 saturated carbocycles. The maximum absolute atomic E-state index is 13.6. The summed E-state index contributed by atoms with van der Waals surface area (Å²) < 4.78 is 18.5. The van der Waals surface area contributed by atoms with Crippen LogP contribution in [0, 0.1) is 5.82 Å². The second-order valence-corrected chi connectivity index (χ2v) is 6.11. The molecule has 5 heteroatoms. The highest BCUT2D eigenvalue weighted by Crippen LogP contribution is 2.24. The Morgan fingerprint density at radius 3 is 2.57 bits per heavy atom. The van der Waals surface area contributed by atoms with Gasteiger partial charge in [0.15, 0.2) is 11.6 Å². The smallest absolute Gasteiger partial charge is 0.165 e. The van der Waals surface area contributed by atoms with Crippen molar-refractivity contribution < 1.29 is 9.13 Å². The van der Waals surface area contributed by atoms with Crippen molar-refractivity contribution in [1.29, 1.82) is 0 Å². The lowest BCUT2D eigenvalue weighted by molar-refractivity contribution is 0.386. The first-order valence-corrected chi connectivity index (χ1v) is 8.04. The van der Waals surface area contributed by atoms with Crippen molar-refractivity contribution in [1.82, 2.24) is 0 Å². The largest absolute Gasteiger partial charge is 0.494 e. The van der Waals surface area contributed by atoms with Crippen molar-refractivity contribution in [3.05, 3.63) is 64.4 Å². The first-order valence-electron chi connectivity index (χ1n) is 6.51. The maximum Gasteiger partial charge on any atom is 0.165 e. The summed E-state index contributed by atoms with van der Waals surface area (Å²) in [5, 5.41) is 0.731. The van der Waals surface area contributed by atoms with E-state index in [2.05, 4.69) is 0 Å². The highest BCUT2D eigenvalue weighted by Gasteiger charge is 2.10. The molecule has 21 heavy (non-hydrogen) atoms. The molecule has 0 aliphatic carbocycles. The Labute approximate surface area is 133 Å². The predicted octanol–water partition coefficient (Wildman–Crippen LogP) is 4.42. The van der Waals surface area contributed by atoms with E-state index in [4.69, 9.17) is 22.1 Å². The van der Waals surface area contributed by atoms with E-state index in [0.717, 1.165) is 16.3 Å². The van der Waals surface area contributed by atoms with Crippen LogP contribution in [0.2, 0.25) is 5.02 Å². The first kappa shape index (κ1) is 16.1. The number of halogens is 2. The Hall–Kier alpha value is -1.23. The van der Waals surface area contributed by atoms with Crippen molar-refractivity contribution in [3.8, 4) is 5.75 Å². The Balaban J connectivity index is 1.88. The zero-order valence-corrected chi connectivity index (χ0v) is 13.3. The van der Waals surface area contributed by atoms with Crippen LogP contribution in [0.4, 0.5) is 4.39 Å². The normalized spacial score (nSPS) is 12.2. The SMILES string of the molecule is COc1ccc(C(N)CSCc2ccc(Cl)cc2)cc1F. The van der Waals surface area contributed by atoms with Crippen LogP contribution < -0.4 is 10.5 Å². The van der Waals surface area contributed by atoms with Crippen molar-refractivity contribution in [2.45, 2.75) is 11.8 Å². The second-order valence-electron chi connectivity index (χ2n) is 4.64. The van der Waals surface area contributed by atoms with E-state index in [0.29, 0.717) is 5.75 Å². The average Bonchev–Trinajstić information content (AvgIpc) is 2.49. The maximum atomic E-state index is 13.6. The molecule has 0 spiro atoms. The monoisotopic (exact) mass is 325 g/mol. The minimum absolute atomic E-state index is 0.206. The van der Waals surface area contributed by atoms with Crippen LogP contribution in [0.5, 0.6) is 5.75 Å². The van der Waals surface area contributed by atoms with Gasteiger partial charge >= 0.3 is 0 Å². The molecular weight excluding hydrogens is 309 g/mol. The van der Waals surface area contributed by atoms with E-state index < -0.39 is 0 Å². The predicted molar refractivity (Wildman–Crippen MR) is 87.5 cm³/mol. The zero-order valence-electron chi connectivity index (χ0n) is 11.7. The van der Waals surface area contributed by atoms with Crippen LogP contribution in [0.15, 0.2) is 42.5 Å². The van der Waals surface area contributed by atoms with Crippen molar-refractivity contribution in [3.63, 3.8) is 0 Å². The van der Waals surface area contributed by atoms with Gasteiger partial charge in [0.25, 0.3) is 0 Å². The van der Waals surface area contributed by atoms with Gasteiger partial charge in [-0.1, -0.05) is 29.8 Å².